The molecule has 3 N–H and O–H groups in total. The lowest BCUT2D eigenvalue weighted by atomic mass is 10.1. The van der Waals surface area contributed by atoms with E-state index in [0.717, 1.165) is 6.21 Å². The molecule has 0 spiro atoms. The zero-order valence-corrected chi connectivity index (χ0v) is 13.4. The number of guanidine groups is 1. The summed E-state index contributed by atoms with van der Waals surface area (Å²) in [6.45, 7) is 1.70. The second kappa shape index (κ2) is 8.33. The van der Waals surface area contributed by atoms with Crippen LogP contribution in [0.25, 0.3) is 0 Å². The van der Waals surface area contributed by atoms with Gasteiger partial charge in [0.05, 0.1) is 23.4 Å². The van der Waals surface area contributed by atoms with Crippen LogP contribution in [0.3, 0.4) is 0 Å². The molecular weight excluding hydrogens is 369 g/mol. The number of rotatable bonds is 4. The molecule has 0 saturated carbocycles. The van der Waals surface area contributed by atoms with Crippen molar-refractivity contribution in [2.24, 2.45) is 10.8 Å². The van der Waals surface area contributed by atoms with E-state index in [1.165, 1.54) is 18.2 Å². The smallest absolute Gasteiger partial charge is 0.462 e. The van der Waals surface area contributed by atoms with Crippen molar-refractivity contribution in [2.45, 2.75) is 13.1 Å². The molecule has 12 heteroatoms. The SMILES string of the molecule is CCOC(=O)c1cccc(/C=N/N(OC(=O)C(F)(F)F)C(=N)N)c1Cl. The molecule has 0 heterocycles. The highest BCUT2D eigenvalue weighted by Gasteiger charge is 2.43. The van der Waals surface area contributed by atoms with Crippen LogP contribution in [0, 0.1) is 5.41 Å². The van der Waals surface area contributed by atoms with Crippen LogP contribution in [0.2, 0.25) is 5.02 Å². The standard InChI is InChI=1S/C13H12ClF3N4O4/c1-2-24-10(22)8-5-3-4-7(9(8)14)6-20-21(12(18)19)25-11(23)13(15,16)17/h3-6H,2H2,1H3,(H3,18,19)/b20-6+. The Bertz CT molecular complexity index is 709. The first kappa shape index (κ1) is 20.2. The minimum absolute atomic E-state index is 0.00544. The van der Waals surface area contributed by atoms with E-state index in [2.05, 4.69) is 9.94 Å². The normalized spacial score (nSPS) is 11.2. The highest BCUT2D eigenvalue weighted by Crippen LogP contribution is 2.21. The van der Waals surface area contributed by atoms with Crippen LogP contribution in [0.15, 0.2) is 23.3 Å². The van der Waals surface area contributed by atoms with Gasteiger partial charge in [-0.1, -0.05) is 28.9 Å². The Morgan fingerprint density at radius 2 is 2.08 bits per heavy atom. The summed E-state index contributed by atoms with van der Waals surface area (Å²) in [4.78, 5) is 26.3. The molecule has 1 aromatic rings. The van der Waals surface area contributed by atoms with Gasteiger partial charge in [-0.2, -0.15) is 13.2 Å². The molecule has 136 valence electrons. The quantitative estimate of drug-likeness (QED) is 0.357. The Labute approximate surface area is 144 Å². The molecule has 25 heavy (non-hydrogen) atoms. The van der Waals surface area contributed by atoms with Gasteiger partial charge in [-0.25, -0.2) is 9.59 Å². The zero-order valence-electron chi connectivity index (χ0n) is 12.6. The summed E-state index contributed by atoms with van der Waals surface area (Å²) in [5, 5.41) is 10.2. The fraction of sp³-hybridized carbons (Fsp3) is 0.231. The number of carbonyl (C=O) groups is 2. The van der Waals surface area contributed by atoms with E-state index >= 15 is 0 Å². The van der Waals surface area contributed by atoms with E-state index in [9.17, 15) is 22.8 Å². The average molecular weight is 381 g/mol. The summed E-state index contributed by atoms with van der Waals surface area (Å²) in [5.74, 6) is -4.42. The first-order chi connectivity index (χ1) is 11.6. The second-order valence-electron chi connectivity index (χ2n) is 4.21. The highest BCUT2D eigenvalue weighted by atomic mass is 35.5. The number of carbonyl (C=O) groups excluding carboxylic acids is 2. The van der Waals surface area contributed by atoms with Crippen LogP contribution in [0.5, 0.6) is 0 Å². The van der Waals surface area contributed by atoms with Gasteiger partial charge in [0.25, 0.3) is 0 Å². The van der Waals surface area contributed by atoms with Gasteiger partial charge in [0.15, 0.2) is 0 Å². The number of esters is 1. The Morgan fingerprint density at radius 3 is 2.60 bits per heavy atom. The number of benzene rings is 1. The molecule has 8 nitrogen and oxygen atoms in total. The Morgan fingerprint density at radius 1 is 1.44 bits per heavy atom. The molecule has 0 amide bonds. The number of hydrazone groups is 1. The molecule has 0 saturated heterocycles. The van der Waals surface area contributed by atoms with Crippen molar-refractivity contribution in [1.29, 1.82) is 5.41 Å². The number of nitrogens with one attached hydrogen (secondary N) is 1. The number of hydroxylamine groups is 1. The fourth-order valence-corrected chi connectivity index (χ4v) is 1.65. The number of hydrogen-bond acceptors (Lipinski definition) is 6. The first-order valence-electron chi connectivity index (χ1n) is 6.50. The summed E-state index contributed by atoms with van der Waals surface area (Å²) >= 11 is 6.00. The number of halogens is 4. The molecule has 0 atom stereocenters. The lowest BCUT2D eigenvalue weighted by molar-refractivity contribution is -0.225. The monoisotopic (exact) mass is 380 g/mol. The van der Waals surface area contributed by atoms with Crippen molar-refractivity contribution in [3.8, 4) is 0 Å². The molecule has 0 aliphatic carbocycles. The van der Waals surface area contributed by atoms with Crippen molar-refractivity contribution < 1.29 is 32.3 Å². The van der Waals surface area contributed by atoms with Crippen LogP contribution in [-0.4, -0.2) is 42.1 Å². The van der Waals surface area contributed by atoms with E-state index in [1.54, 1.807) is 6.92 Å². The minimum atomic E-state index is -5.30. The number of nitrogens with zero attached hydrogens (tertiary/aromatic N) is 2. The molecule has 0 bridgehead atoms. The van der Waals surface area contributed by atoms with Crippen LogP contribution in [0.4, 0.5) is 13.2 Å². The van der Waals surface area contributed by atoms with Gasteiger partial charge in [-0.15, -0.1) is 5.10 Å². The largest absolute Gasteiger partial charge is 0.493 e. The minimum Gasteiger partial charge on any atom is -0.462 e. The topological polar surface area (TPSA) is 118 Å². The predicted molar refractivity (Wildman–Crippen MR) is 80.9 cm³/mol. The number of alkyl halides is 3. The third-order valence-corrected chi connectivity index (χ3v) is 2.85. The molecule has 1 rings (SSSR count). The van der Waals surface area contributed by atoms with E-state index in [4.69, 9.17) is 27.5 Å². The summed E-state index contributed by atoms with van der Waals surface area (Å²) in [6, 6.07) is 4.15. The summed E-state index contributed by atoms with van der Waals surface area (Å²) in [7, 11) is 0. The van der Waals surface area contributed by atoms with E-state index in [1.807, 2.05) is 0 Å². The average Bonchev–Trinajstić information content (AvgIpc) is 2.51. The maximum Gasteiger partial charge on any atom is 0.493 e. The Balaban J connectivity index is 3.05. The number of hydrogen-bond donors (Lipinski definition) is 2. The number of nitrogens with two attached hydrogens (primary N) is 1. The first-order valence-corrected chi connectivity index (χ1v) is 6.88. The Kier molecular flexibility index (Phi) is 6.74. The lowest BCUT2D eigenvalue weighted by Gasteiger charge is -2.15. The fourth-order valence-electron chi connectivity index (χ4n) is 1.40. The maximum atomic E-state index is 12.2. The summed E-state index contributed by atoms with van der Waals surface area (Å²) in [6.07, 6.45) is -4.44. The third kappa shape index (κ3) is 5.64. The summed E-state index contributed by atoms with van der Waals surface area (Å²) in [5.41, 5.74) is 5.07. The van der Waals surface area contributed by atoms with Gasteiger partial charge in [-0.3, -0.25) is 5.41 Å². The lowest BCUT2D eigenvalue weighted by Crippen LogP contribution is -2.38. The van der Waals surface area contributed by atoms with Crippen molar-refractivity contribution in [1.82, 2.24) is 5.17 Å². The van der Waals surface area contributed by atoms with Gasteiger partial charge >= 0.3 is 18.1 Å². The van der Waals surface area contributed by atoms with Gasteiger partial charge in [0.1, 0.15) is 0 Å². The third-order valence-electron chi connectivity index (χ3n) is 2.43. The van der Waals surface area contributed by atoms with Crippen LogP contribution < -0.4 is 5.73 Å². The maximum absolute atomic E-state index is 12.2. The predicted octanol–water partition coefficient (Wildman–Crippen LogP) is 2.07. The van der Waals surface area contributed by atoms with Gasteiger partial charge in [-0.05, 0) is 13.0 Å². The van der Waals surface area contributed by atoms with Gasteiger partial charge in [0.2, 0.25) is 5.96 Å². The van der Waals surface area contributed by atoms with Crippen molar-refractivity contribution in [3.05, 3.63) is 34.3 Å². The molecule has 0 unspecified atom stereocenters. The van der Waals surface area contributed by atoms with E-state index < -0.39 is 24.1 Å². The van der Waals surface area contributed by atoms with Crippen molar-refractivity contribution in [2.75, 3.05) is 6.61 Å². The highest BCUT2D eigenvalue weighted by molar-refractivity contribution is 6.36. The van der Waals surface area contributed by atoms with E-state index in [-0.39, 0.29) is 27.9 Å². The zero-order chi connectivity index (χ0) is 19.2. The van der Waals surface area contributed by atoms with E-state index in [0.29, 0.717) is 0 Å². The number of ether oxygens (including phenoxy) is 1. The van der Waals surface area contributed by atoms with Crippen molar-refractivity contribution >= 4 is 35.7 Å². The molecule has 0 fully saturated rings. The molecule has 0 aliphatic heterocycles. The van der Waals surface area contributed by atoms with Crippen LogP contribution in [-0.2, 0) is 14.4 Å². The van der Waals surface area contributed by atoms with Crippen LogP contribution in [0.1, 0.15) is 22.8 Å². The second-order valence-corrected chi connectivity index (χ2v) is 4.59. The summed E-state index contributed by atoms with van der Waals surface area (Å²) < 4.78 is 41.3. The molecule has 0 radical (unpaired) electrons. The van der Waals surface area contributed by atoms with Gasteiger partial charge in [0, 0.05) is 5.56 Å². The van der Waals surface area contributed by atoms with Crippen molar-refractivity contribution in [3.63, 3.8) is 0 Å². The molecule has 0 aliphatic rings. The van der Waals surface area contributed by atoms with Crippen LogP contribution >= 0.6 is 11.6 Å². The molecule has 0 aromatic heterocycles. The molecular formula is C13H12ClF3N4O4. The Hall–Kier alpha value is -2.82. The molecule has 1 aromatic carbocycles. The van der Waals surface area contributed by atoms with Gasteiger partial charge < -0.3 is 15.3 Å².